The lowest BCUT2D eigenvalue weighted by atomic mass is 9.99. The van der Waals surface area contributed by atoms with E-state index in [4.69, 9.17) is 4.74 Å². The summed E-state index contributed by atoms with van der Waals surface area (Å²) in [6.07, 6.45) is 7.13. The number of pyridine rings is 1. The van der Waals surface area contributed by atoms with Gasteiger partial charge in [-0.2, -0.15) is 0 Å². The van der Waals surface area contributed by atoms with Crippen molar-refractivity contribution in [2.24, 2.45) is 0 Å². The highest BCUT2D eigenvalue weighted by atomic mass is 16.6. The average Bonchev–Trinajstić information content (AvgIpc) is 3.49. The third kappa shape index (κ3) is 6.73. The van der Waals surface area contributed by atoms with E-state index in [0.29, 0.717) is 24.3 Å². The lowest BCUT2D eigenvalue weighted by Gasteiger charge is -2.36. The fourth-order valence-corrected chi connectivity index (χ4v) is 5.13. The van der Waals surface area contributed by atoms with Crippen molar-refractivity contribution in [1.29, 1.82) is 0 Å². The Morgan fingerprint density at radius 1 is 0.976 bits per heavy atom. The molecule has 11 nitrogen and oxygen atoms in total. The fourth-order valence-electron chi connectivity index (χ4n) is 5.13. The van der Waals surface area contributed by atoms with Gasteiger partial charge in [-0.05, 0) is 74.6 Å². The number of nitrogens with zero attached hydrogens (tertiary/aromatic N) is 5. The molecule has 0 saturated carbocycles. The van der Waals surface area contributed by atoms with Crippen LogP contribution in [0.15, 0.2) is 67.1 Å². The normalized spacial score (nSPS) is 15.3. The molecular formula is C31H35N7O4. The molecule has 0 spiro atoms. The van der Waals surface area contributed by atoms with Gasteiger partial charge in [-0.1, -0.05) is 35.5 Å². The van der Waals surface area contributed by atoms with E-state index in [2.05, 4.69) is 25.9 Å². The zero-order chi connectivity index (χ0) is 29.7. The SMILES string of the molecule is CC(C)(C)OC(=O)N1CCCCC1CNC(=O)c1ncccc1NC(=O)c1ccc(Cn2ccnn2)c2ccccc12. The van der Waals surface area contributed by atoms with Gasteiger partial charge in [0.2, 0.25) is 0 Å². The Morgan fingerprint density at radius 2 is 1.79 bits per heavy atom. The van der Waals surface area contributed by atoms with E-state index in [0.717, 1.165) is 35.6 Å². The molecule has 0 aliphatic carbocycles. The number of aromatic nitrogens is 4. The minimum Gasteiger partial charge on any atom is -0.444 e. The number of benzene rings is 2. The molecule has 5 rings (SSSR count). The molecule has 11 heteroatoms. The second-order valence-corrected chi connectivity index (χ2v) is 11.3. The van der Waals surface area contributed by atoms with E-state index < -0.39 is 11.5 Å². The highest BCUT2D eigenvalue weighted by Crippen LogP contribution is 2.25. The second-order valence-electron chi connectivity index (χ2n) is 11.3. The minimum atomic E-state index is -0.605. The predicted molar refractivity (Wildman–Crippen MR) is 158 cm³/mol. The lowest BCUT2D eigenvalue weighted by molar-refractivity contribution is 0.00984. The minimum absolute atomic E-state index is 0.0950. The van der Waals surface area contributed by atoms with Crippen LogP contribution in [0, 0.1) is 0 Å². The van der Waals surface area contributed by atoms with Crippen LogP contribution in [0.2, 0.25) is 0 Å². The predicted octanol–water partition coefficient (Wildman–Crippen LogP) is 4.65. The zero-order valence-electron chi connectivity index (χ0n) is 24.0. The van der Waals surface area contributed by atoms with E-state index in [1.807, 2.05) is 51.1 Å². The summed E-state index contributed by atoms with van der Waals surface area (Å²) in [4.78, 5) is 45.5. The summed E-state index contributed by atoms with van der Waals surface area (Å²) in [5.41, 5.74) is 1.25. The van der Waals surface area contributed by atoms with Gasteiger partial charge in [0.05, 0.1) is 24.5 Å². The van der Waals surface area contributed by atoms with Crippen molar-refractivity contribution in [2.75, 3.05) is 18.4 Å². The largest absolute Gasteiger partial charge is 0.444 e. The molecular weight excluding hydrogens is 534 g/mol. The third-order valence-corrected chi connectivity index (χ3v) is 7.09. The van der Waals surface area contributed by atoms with Gasteiger partial charge < -0.3 is 20.3 Å². The van der Waals surface area contributed by atoms with Crippen molar-refractivity contribution in [2.45, 2.75) is 58.2 Å². The highest BCUT2D eigenvalue weighted by molar-refractivity contribution is 6.15. The molecule has 4 aromatic rings. The number of amides is 3. The molecule has 1 aliphatic rings. The topological polar surface area (TPSA) is 131 Å². The van der Waals surface area contributed by atoms with Gasteiger partial charge in [-0.15, -0.1) is 5.10 Å². The number of carbonyl (C=O) groups excluding carboxylic acids is 3. The summed E-state index contributed by atoms with van der Waals surface area (Å²) < 4.78 is 7.30. The van der Waals surface area contributed by atoms with Crippen molar-refractivity contribution in [3.8, 4) is 0 Å². The second kappa shape index (κ2) is 12.4. The quantitative estimate of drug-likeness (QED) is 0.331. The van der Waals surface area contributed by atoms with Crippen LogP contribution in [-0.2, 0) is 11.3 Å². The number of anilines is 1. The smallest absolute Gasteiger partial charge is 0.410 e. The van der Waals surface area contributed by atoms with Crippen LogP contribution in [-0.4, -0.2) is 67.5 Å². The maximum Gasteiger partial charge on any atom is 0.410 e. The number of ether oxygens (including phenoxy) is 1. The fraction of sp³-hybridized carbons (Fsp3) is 0.355. The Labute approximate surface area is 244 Å². The molecule has 2 N–H and O–H groups in total. The number of fused-ring (bicyclic) bond motifs is 1. The number of carbonyl (C=O) groups is 3. The molecule has 0 bridgehead atoms. The van der Waals surface area contributed by atoms with Gasteiger partial charge in [0.1, 0.15) is 5.60 Å². The Kier molecular flexibility index (Phi) is 8.46. The molecule has 1 saturated heterocycles. The van der Waals surface area contributed by atoms with Crippen molar-refractivity contribution in [3.63, 3.8) is 0 Å². The van der Waals surface area contributed by atoms with Crippen LogP contribution in [0.1, 0.15) is 66.4 Å². The first kappa shape index (κ1) is 28.7. The molecule has 0 radical (unpaired) electrons. The van der Waals surface area contributed by atoms with Crippen molar-refractivity contribution >= 4 is 34.4 Å². The first-order valence-corrected chi connectivity index (χ1v) is 14.1. The number of nitrogens with one attached hydrogen (secondary N) is 2. The molecule has 3 heterocycles. The van der Waals surface area contributed by atoms with E-state index in [1.54, 1.807) is 40.2 Å². The maximum atomic E-state index is 13.5. The molecule has 2 aromatic carbocycles. The van der Waals surface area contributed by atoms with Gasteiger partial charge in [0.15, 0.2) is 5.69 Å². The van der Waals surface area contributed by atoms with Crippen LogP contribution in [0.5, 0.6) is 0 Å². The van der Waals surface area contributed by atoms with Crippen LogP contribution in [0.4, 0.5) is 10.5 Å². The lowest BCUT2D eigenvalue weighted by Crippen LogP contribution is -2.50. The van der Waals surface area contributed by atoms with Gasteiger partial charge >= 0.3 is 6.09 Å². The number of hydrogen-bond acceptors (Lipinski definition) is 7. The van der Waals surface area contributed by atoms with E-state index in [-0.39, 0.29) is 30.3 Å². The molecule has 218 valence electrons. The van der Waals surface area contributed by atoms with Gasteiger partial charge in [0.25, 0.3) is 11.8 Å². The molecule has 1 unspecified atom stereocenters. The molecule has 1 aliphatic heterocycles. The van der Waals surface area contributed by atoms with Crippen LogP contribution >= 0.6 is 0 Å². The van der Waals surface area contributed by atoms with Gasteiger partial charge in [-0.3, -0.25) is 9.59 Å². The number of hydrogen-bond donors (Lipinski definition) is 2. The van der Waals surface area contributed by atoms with E-state index in [1.165, 1.54) is 6.20 Å². The molecule has 2 aromatic heterocycles. The number of piperidine rings is 1. The van der Waals surface area contributed by atoms with Crippen LogP contribution in [0.25, 0.3) is 10.8 Å². The van der Waals surface area contributed by atoms with E-state index in [9.17, 15) is 14.4 Å². The molecule has 1 atom stereocenters. The van der Waals surface area contributed by atoms with Gasteiger partial charge in [0, 0.05) is 31.0 Å². The molecule has 42 heavy (non-hydrogen) atoms. The summed E-state index contributed by atoms with van der Waals surface area (Å²) in [5.74, 6) is -0.794. The monoisotopic (exact) mass is 569 g/mol. The van der Waals surface area contributed by atoms with Gasteiger partial charge in [-0.25, -0.2) is 14.5 Å². The molecule has 3 amide bonds. The summed E-state index contributed by atoms with van der Waals surface area (Å²) >= 11 is 0. The maximum absolute atomic E-state index is 13.5. The summed E-state index contributed by atoms with van der Waals surface area (Å²) in [5, 5.41) is 15.4. The number of likely N-dealkylation sites (tertiary alicyclic amines) is 1. The summed E-state index contributed by atoms with van der Waals surface area (Å²) in [6.45, 7) is 6.84. The van der Waals surface area contributed by atoms with Crippen molar-refractivity contribution in [3.05, 3.63) is 83.9 Å². The summed E-state index contributed by atoms with van der Waals surface area (Å²) in [6, 6.07) is 14.5. The Hall–Kier alpha value is -4.80. The number of rotatable bonds is 7. The standard InChI is InChI=1S/C31H35N7O4/c1-31(2,3)42-30(41)38-17-7-6-9-22(38)19-33-29(40)27-26(12-8-15-32-27)35-28(39)25-14-13-21(20-37-18-16-34-36-37)23-10-4-5-11-24(23)25/h4-5,8,10-16,18,22H,6-7,9,17,19-20H2,1-3H3,(H,33,40)(H,35,39). The van der Waals surface area contributed by atoms with E-state index >= 15 is 0 Å². The first-order chi connectivity index (χ1) is 20.2. The average molecular weight is 570 g/mol. The Morgan fingerprint density at radius 3 is 2.55 bits per heavy atom. The Bertz CT molecular complexity index is 1580. The third-order valence-electron chi connectivity index (χ3n) is 7.09. The summed E-state index contributed by atoms with van der Waals surface area (Å²) in [7, 11) is 0. The Balaban J connectivity index is 1.30. The van der Waals surface area contributed by atoms with Crippen LogP contribution in [0.3, 0.4) is 0 Å². The highest BCUT2D eigenvalue weighted by Gasteiger charge is 2.31. The van der Waals surface area contributed by atoms with Crippen molar-refractivity contribution < 1.29 is 19.1 Å². The van der Waals surface area contributed by atoms with Crippen LogP contribution < -0.4 is 10.6 Å². The first-order valence-electron chi connectivity index (χ1n) is 14.1. The zero-order valence-corrected chi connectivity index (χ0v) is 24.0. The molecule has 1 fully saturated rings. The van der Waals surface area contributed by atoms with Crippen molar-refractivity contribution in [1.82, 2.24) is 30.2 Å².